The average Bonchev–Trinajstić information content (AvgIpc) is 3.78. The van der Waals surface area contributed by atoms with E-state index in [2.05, 4.69) is 5.32 Å². The number of hydrogen-bond acceptors (Lipinski definition) is 8. The van der Waals surface area contributed by atoms with Crippen molar-refractivity contribution >= 4 is 61.3 Å². The highest BCUT2D eigenvalue weighted by Crippen LogP contribution is 2.33. The van der Waals surface area contributed by atoms with Crippen LogP contribution in [0.3, 0.4) is 0 Å². The molecule has 1 saturated heterocycles. The van der Waals surface area contributed by atoms with Crippen LogP contribution in [-0.2, 0) is 25.8 Å². The number of amides is 2. The van der Waals surface area contributed by atoms with Crippen molar-refractivity contribution in [2.45, 2.75) is 82.3 Å². The summed E-state index contributed by atoms with van der Waals surface area (Å²) in [6.07, 6.45) is 8.15. The van der Waals surface area contributed by atoms with Gasteiger partial charge >= 0.3 is 6.09 Å². The maximum absolute atomic E-state index is 14.3. The highest BCUT2D eigenvalue weighted by atomic mass is 35.5. The molecule has 2 fully saturated rings. The molecule has 1 aliphatic carbocycles. The van der Waals surface area contributed by atoms with Gasteiger partial charge in [0.2, 0.25) is 5.91 Å². The normalized spacial score (nSPS) is 18.0. The lowest BCUT2D eigenvalue weighted by Crippen LogP contribution is -2.63. The SMILES string of the molecule is CS(=O)(=O)CCCCC[C@@H](NC1CCCC1)C(=O)N1CCN(C(=O)Oc2ccc3ccccc3c2Cl)C[C@H]1C(=O)CCc1cccs1. The maximum Gasteiger partial charge on any atom is 0.415 e. The summed E-state index contributed by atoms with van der Waals surface area (Å²) in [6, 6.07) is 14.0. The first kappa shape index (κ1) is 35.3. The molecule has 2 amide bonds. The summed E-state index contributed by atoms with van der Waals surface area (Å²) >= 11 is 8.20. The molecule has 9 nitrogen and oxygen atoms in total. The summed E-state index contributed by atoms with van der Waals surface area (Å²) < 4.78 is 29.0. The number of aryl methyl sites for hydroxylation is 1. The average molecular weight is 702 g/mol. The number of carbonyl (C=O) groups is 3. The van der Waals surface area contributed by atoms with E-state index >= 15 is 0 Å². The van der Waals surface area contributed by atoms with Crippen molar-refractivity contribution < 1.29 is 27.5 Å². The molecule has 1 aliphatic heterocycles. The van der Waals surface area contributed by atoms with E-state index in [0.717, 1.165) is 41.3 Å². The number of thiophene rings is 1. The summed E-state index contributed by atoms with van der Waals surface area (Å²) in [5, 5.41) is 7.59. The fraction of sp³-hybridized carbons (Fsp3) is 0.514. The lowest BCUT2D eigenvalue weighted by atomic mass is 9.99. The Morgan fingerprint density at radius 3 is 2.55 bits per heavy atom. The van der Waals surface area contributed by atoms with Gasteiger partial charge in [0, 0.05) is 47.8 Å². The van der Waals surface area contributed by atoms with Gasteiger partial charge in [-0.15, -0.1) is 11.3 Å². The molecule has 1 saturated carbocycles. The summed E-state index contributed by atoms with van der Waals surface area (Å²) in [4.78, 5) is 45.8. The zero-order valence-electron chi connectivity index (χ0n) is 26.9. The van der Waals surface area contributed by atoms with E-state index in [1.807, 2.05) is 47.8 Å². The molecule has 0 unspecified atom stereocenters. The number of nitrogens with zero attached hydrogens (tertiary/aromatic N) is 2. The Kier molecular flexibility index (Phi) is 12.3. The quantitative estimate of drug-likeness (QED) is 0.197. The van der Waals surface area contributed by atoms with E-state index in [1.165, 1.54) is 11.2 Å². The van der Waals surface area contributed by atoms with Crippen LogP contribution in [0.2, 0.25) is 5.02 Å². The van der Waals surface area contributed by atoms with Gasteiger partial charge in [-0.25, -0.2) is 13.2 Å². The largest absolute Gasteiger partial charge is 0.415 e. The van der Waals surface area contributed by atoms with Crippen LogP contribution >= 0.6 is 22.9 Å². The predicted molar refractivity (Wildman–Crippen MR) is 187 cm³/mol. The number of rotatable bonds is 14. The Labute approximate surface area is 286 Å². The van der Waals surface area contributed by atoms with Crippen molar-refractivity contribution in [2.75, 3.05) is 31.6 Å². The number of carbonyl (C=O) groups excluding carboxylic acids is 3. The molecule has 2 atom stereocenters. The minimum atomic E-state index is -3.04. The van der Waals surface area contributed by atoms with Gasteiger partial charge in [-0.05, 0) is 55.0 Å². The minimum absolute atomic E-state index is 0.0313. The summed E-state index contributed by atoms with van der Waals surface area (Å²) in [7, 11) is -3.04. The second kappa shape index (κ2) is 16.4. The van der Waals surface area contributed by atoms with Crippen LogP contribution in [0.5, 0.6) is 5.75 Å². The summed E-state index contributed by atoms with van der Waals surface area (Å²) in [5.74, 6) is 0.136. The van der Waals surface area contributed by atoms with E-state index < -0.39 is 28.0 Å². The third-order valence-electron chi connectivity index (χ3n) is 9.11. The molecular formula is C35H44ClN3O6S2. The number of ketones is 1. The highest BCUT2D eigenvalue weighted by Gasteiger charge is 2.40. The molecule has 3 aromatic rings. The lowest BCUT2D eigenvalue weighted by Gasteiger charge is -2.42. The second-order valence-electron chi connectivity index (χ2n) is 12.7. The predicted octanol–water partition coefficient (Wildman–Crippen LogP) is 6.27. The zero-order valence-corrected chi connectivity index (χ0v) is 29.3. The van der Waals surface area contributed by atoms with E-state index in [-0.39, 0.29) is 55.3 Å². The Morgan fingerprint density at radius 1 is 1.02 bits per heavy atom. The molecule has 2 heterocycles. The number of nitrogens with one attached hydrogen (secondary N) is 1. The van der Waals surface area contributed by atoms with Crippen molar-refractivity contribution in [3.8, 4) is 5.75 Å². The maximum atomic E-state index is 14.3. The van der Waals surface area contributed by atoms with E-state index in [9.17, 15) is 22.8 Å². The second-order valence-corrected chi connectivity index (χ2v) is 16.4. The third kappa shape index (κ3) is 9.78. The highest BCUT2D eigenvalue weighted by molar-refractivity contribution is 7.90. The molecule has 1 aromatic heterocycles. The number of halogens is 1. The monoisotopic (exact) mass is 701 g/mol. The Hall–Kier alpha value is -2.99. The van der Waals surface area contributed by atoms with Crippen LogP contribution in [0.4, 0.5) is 4.79 Å². The van der Waals surface area contributed by atoms with Crippen molar-refractivity contribution in [3.05, 3.63) is 63.8 Å². The number of sulfone groups is 1. The zero-order chi connectivity index (χ0) is 33.4. The molecule has 12 heteroatoms. The van der Waals surface area contributed by atoms with Crippen LogP contribution in [0.1, 0.15) is 62.7 Å². The molecule has 2 aliphatic rings. The topological polar surface area (TPSA) is 113 Å². The summed E-state index contributed by atoms with van der Waals surface area (Å²) in [6.45, 7) is 0.449. The molecule has 2 aromatic carbocycles. The van der Waals surface area contributed by atoms with Crippen LogP contribution < -0.4 is 10.1 Å². The van der Waals surface area contributed by atoms with Gasteiger partial charge < -0.3 is 19.9 Å². The molecule has 254 valence electrons. The van der Waals surface area contributed by atoms with Crippen molar-refractivity contribution in [1.82, 2.24) is 15.1 Å². The van der Waals surface area contributed by atoms with E-state index in [1.54, 1.807) is 22.3 Å². The fourth-order valence-corrected chi connectivity index (χ4v) is 8.26. The number of piperazine rings is 1. The van der Waals surface area contributed by atoms with Gasteiger partial charge in [0.05, 0.1) is 17.6 Å². The Bertz CT molecular complexity index is 1640. The molecule has 0 spiro atoms. The standard InChI is InChI=1S/C35H44ClN3O6S2/c1-47(43,44)23-8-2-3-15-29(37-26-11-5-6-12-26)34(41)39-21-20-38(24-30(39)31(40)18-17-27-13-9-22-46-27)35(42)45-32-19-16-25-10-4-7-14-28(25)33(32)36/h4,7,9-10,13-14,16,19,22,26,29-30,37H,2-3,5-6,8,11-12,15,17-18,20-21,23-24H2,1H3/t29-,30+/m1/s1. The molecule has 5 rings (SSSR count). The van der Waals surface area contributed by atoms with Gasteiger partial charge in [0.1, 0.15) is 15.9 Å². The van der Waals surface area contributed by atoms with Gasteiger partial charge in [-0.2, -0.15) is 0 Å². The number of hydrogen-bond donors (Lipinski definition) is 1. The number of Topliss-reactive ketones (excluding diaryl/α,β-unsaturated/α-hetero) is 1. The van der Waals surface area contributed by atoms with Crippen molar-refractivity contribution in [1.29, 1.82) is 0 Å². The smallest absolute Gasteiger partial charge is 0.409 e. The number of benzene rings is 2. The number of unbranched alkanes of at least 4 members (excludes halogenated alkanes) is 2. The van der Waals surface area contributed by atoms with Crippen LogP contribution in [-0.4, -0.2) is 85.8 Å². The fourth-order valence-electron chi connectivity index (χ4n) is 6.55. The van der Waals surface area contributed by atoms with E-state index in [4.69, 9.17) is 16.3 Å². The van der Waals surface area contributed by atoms with Gasteiger partial charge in [-0.3, -0.25) is 9.59 Å². The van der Waals surface area contributed by atoms with Crippen LogP contribution in [0.15, 0.2) is 53.9 Å². The van der Waals surface area contributed by atoms with Gasteiger partial charge in [0.25, 0.3) is 0 Å². The Balaban J connectivity index is 1.30. The molecule has 0 bridgehead atoms. The van der Waals surface area contributed by atoms with Gasteiger partial charge in [-0.1, -0.05) is 73.7 Å². The van der Waals surface area contributed by atoms with Gasteiger partial charge in [0.15, 0.2) is 11.5 Å². The Morgan fingerprint density at radius 2 is 1.81 bits per heavy atom. The first-order chi connectivity index (χ1) is 22.6. The number of ether oxygens (including phenoxy) is 1. The first-order valence-corrected chi connectivity index (χ1v) is 19.8. The van der Waals surface area contributed by atoms with Crippen molar-refractivity contribution in [3.63, 3.8) is 0 Å². The van der Waals surface area contributed by atoms with E-state index in [0.29, 0.717) is 37.1 Å². The lowest BCUT2D eigenvalue weighted by molar-refractivity contribution is -0.144. The van der Waals surface area contributed by atoms with Crippen molar-refractivity contribution in [2.24, 2.45) is 0 Å². The molecule has 47 heavy (non-hydrogen) atoms. The van der Waals surface area contributed by atoms with Crippen LogP contribution in [0, 0.1) is 0 Å². The third-order valence-corrected chi connectivity index (χ3v) is 11.5. The first-order valence-electron chi connectivity index (χ1n) is 16.5. The summed E-state index contributed by atoms with van der Waals surface area (Å²) in [5.41, 5.74) is 0. The minimum Gasteiger partial charge on any atom is -0.409 e. The molecular weight excluding hydrogens is 658 g/mol. The molecule has 0 radical (unpaired) electrons. The van der Waals surface area contributed by atoms with Crippen LogP contribution in [0.25, 0.3) is 10.8 Å². The molecule has 1 N–H and O–H groups in total. The number of fused-ring (bicyclic) bond motifs is 1.